The van der Waals surface area contributed by atoms with E-state index in [9.17, 15) is 18.3 Å². The summed E-state index contributed by atoms with van der Waals surface area (Å²) >= 11 is 0. The first-order valence-corrected chi connectivity index (χ1v) is 7.89. The van der Waals surface area contributed by atoms with E-state index < -0.39 is 28.5 Å². The number of carboxylic acids is 1. The van der Waals surface area contributed by atoms with Crippen molar-refractivity contribution in [1.29, 1.82) is 0 Å². The van der Waals surface area contributed by atoms with Crippen LogP contribution in [-0.4, -0.2) is 14.4 Å². The molecule has 7 heteroatoms. The van der Waals surface area contributed by atoms with Gasteiger partial charge < -0.3 is 14.3 Å². The van der Waals surface area contributed by atoms with Gasteiger partial charge in [-0.05, 0) is 17.7 Å². The number of carboxylic acid groups (broad SMARTS) is 1. The molecule has 1 N–H and O–H groups in total. The van der Waals surface area contributed by atoms with Crippen LogP contribution < -0.4 is 9.83 Å². The van der Waals surface area contributed by atoms with E-state index in [-0.39, 0.29) is 11.5 Å². The second kappa shape index (κ2) is 6.55. The highest BCUT2D eigenvalue weighted by Crippen LogP contribution is 2.19. The number of nitrogens with one attached hydrogen (secondary N) is 1. The van der Waals surface area contributed by atoms with Crippen LogP contribution in [0.1, 0.15) is 23.8 Å². The van der Waals surface area contributed by atoms with Gasteiger partial charge in [0, 0.05) is 12.4 Å². The van der Waals surface area contributed by atoms with Crippen LogP contribution in [0.4, 0.5) is 0 Å². The molecule has 2 rings (SSSR count). The van der Waals surface area contributed by atoms with E-state index in [1.54, 1.807) is 36.4 Å². The van der Waals surface area contributed by atoms with E-state index in [1.807, 2.05) is 0 Å². The summed E-state index contributed by atoms with van der Waals surface area (Å²) in [6.45, 7) is 0. The van der Waals surface area contributed by atoms with Crippen LogP contribution in [0.5, 0.6) is 0 Å². The predicted octanol–water partition coefficient (Wildman–Crippen LogP) is 0.580. The third kappa shape index (κ3) is 4.73. The van der Waals surface area contributed by atoms with E-state index in [1.165, 1.54) is 12.3 Å². The first-order chi connectivity index (χ1) is 9.96. The Morgan fingerprint density at radius 3 is 2.48 bits per heavy atom. The molecule has 0 saturated carbocycles. The van der Waals surface area contributed by atoms with Crippen molar-refractivity contribution in [3.63, 3.8) is 0 Å². The number of hydrogen-bond donors (Lipinski definition) is 1. The normalized spacial score (nSPS) is 13.0. The highest BCUT2D eigenvalue weighted by atomic mass is 32.2. The zero-order chi connectivity index (χ0) is 15.3. The highest BCUT2D eigenvalue weighted by molar-refractivity contribution is 7.88. The number of aliphatic carboxylic acids is 1. The van der Waals surface area contributed by atoms with Crippen LogP contribution in [0.3, 0.4) is 0 Å². The summed E-state index contributed by atoms with van der Waals surface area (Å²) in [5, 5.41) is 10.8. The summed E-state index contributed by atoms with van der Waals surface area (Å²) in [5.41, 5.74) is 0.608. The van der Waals surface area contributed by atoms with Gasteiger partial charge in [0.05, 0.1) is 18.1 Å². The van der Waals surface area contributed by atoms with Gasteiger partial charge in [0.1, 0.15) is 5.76 Å². The van der Waals surface area contributed by atoms with Crippen LogP contribution in [0.25, 0.3) is 0 Å². The lowest BCUT2D eigenvalue weighted by atomic mass is 10.2. The zero-order valence-corrected chi connectivity index (χ0v) is 11.9. The molecule has 1 aromatic carbocycles. The maximum absolute atomic E-state index is 12.1. The van der Waals surface area contributed by atoms with Gasteiger partial charge in [-0.15, -0.1) is 0 Å². The SMILES string of the molecule is O=C([O-])CC(NS(=O)(=O)Cc1ccccc1)c1ccco1. The molecule has 0 aliphatic carbocycles. The van der Waals surface area contributed by atoms with Gasteiger partial charge >= 0.3 is 0 Å². The summed E-state index contributed by atoms with van der Waals surface area (Å²) in [6.07, 6.45) is 0.852. The number of sulfonamides is 1. The van der Waals surface area contributed by atoms with Crippen LogP contribution in [0.15, 0.2) is 53.1 Å². The van der Waals surface area contributed by atoms with Crippen molar-refractivity contribution in [2.24, 2.45) is 0 Å². The molecular weight excluding hydrogens is 294 g/mol. The third-order valence-corrected chi connectivity index (χ3v) is 4.14. The maximum atomic E-state index is 12.1. The van der Waals surface area contributed by atoms with Crippen LogP contribution >= 0.6 is 0 Å². The molecule has 0 spiro atoms. The van der Waals surface area contributed by atoms with Gasteiger partial charge in [-0.25, -0.2) is 13.1 Å². The Morgan fingerprint density at radius 2 is 1.90 bits per heavy atom. The van der Waals surface area contributed by atoms with E-state index in [4.69, 9.17) is 4.42 Å². The van der Waals surface area contributed by atoms with E-state index in [0.717, 1.165) is 0 Å². The first-order valence-electron chi connectivity index (χ1n) is 6.23. The van der Waals surface area contributed by atoms with Crippen LogP contribution in [0.2, 0.25) is 0 Å². The Bertz CT molecular complexity index is 679. The molecule has 0 bridgehead atoms. The Hall–Kier alpha value is -2.12. The average Bonchev–Trinajstić information content (AvgIpc) is 2.91. The van der Waals surface area contributed by atoms with Crippen molar-refractivity contribution >= 4 is 16.0 Å². The minimum absolute atomic E-state index is 0.232. The standard InChI is InChI=1S/C14H15NO5S/c16-14(17)9-12(13-7-4-8-20-13)15-21(18,19)10-11-5-2-1-3-6-11/h1-8,12,15H,9-10H2,(H,16,17)/p-1. The van der Waals surface area contributed by atoms with Gasteiger partial charge in [0.2, 0.25) is 10.0 Å². The molecular formula is C14H14NO5S-. The molecule has 1 atom stereocenters. The fourth-order valence-corrected chi connectivity index (χ4v) is 3.26. The molecule has 21 heavy (non-hydrogen) atoms. The third-order valence-electron chi connectivity index (χ3n) is 2.78. The number of rotatable bonds is 7. The molecule has 1 unspecified atom stereocenters. The monoisotopic (exact) mass is 308 g/mol. The smallest absolute Gasteiger partial charge is 0.216 e. The van der Waals surface area contributed by atoms with Gasteiger partial charge in [-0.2, -0.15) is 0 Å². The fourth-order valence-electron chi connectivity index (χ4n) is 1.91. The van der Waals surface area contributed by atoms with Crippen molar-refractivity contribution in [3.8, 4) is 0 Å². The summed E-state index contributed by atoms with van der Waals surface area (Å²) in [7, 11) is -3.71. The maximum Gasteiger partial charge on any atom is 0.216 e. The topological polar surface area (TPSA) is 99.4 Å². The second-order valence-electron chi connectivity index (χ2n) is 4.51. The molecule has 0 fully saturated rings. The van der Waals surface area contributed by atoms with Crippen molar-refractivity contribution in [1.82, 2.24) is 4.72 Å². The number of carbonyl (C=O) groups excluding carboxylic acids is 1. The van der Waals surface area contributed by atoms with Crippen molar-refractivity contribution in [3.05, 3.63) is 60.1 Å². The molecule has 2 aromatic rings. The lowest BCUT2D eigenvalue weighted by Crippen LogP contribution is -2.34. The van der Waals surface area contributed by atoms with Crippen molar-refractivity contribution in [2.75, 3.05) is 0 Å². The van der Waals surface area contributed by atoms with Gasteiger partial charge in [0.15, 0.2) is 0 Å². The Labute approximate surface area is 122 Å². The quantitative estimate of drug-likeness (QED) is 0.806. The van der Waals surface area contributed by atoms with Gasteiger partial charge in [-0.3, -0.25) is 0 Å². The van der Waals surface area contributed by atoms with Crippen molar-refractivity contribution < 1.29 is 22.7 Å². The molecule has 0 amide bonds. The van der Waals surface area contributed by atoms with E-state index >= 15 is 0 Å². The fraction of sp³-hybridized carbons (Fsp3) is 0.214. The van der Waals surface area contributed by atoms with Crippen molar-refractivity contribution in [2.45, 2.75) is 18.2 Å². The number of hydrogen-bond acceptors (Lipinski definition) is 5. The zero-order valence-electron chi connectivity index (χ0n) is 11.1. The second-order valence-corrected chi connectivity index (χ2v) is 6.26. The van der Waals surface area contributed by atoms with Gasteiger partial charge in [0.25, 0.3) is 0 Å². The van der Waals surface area contributed by atoms with Gasteiger partial charge in [-0.1, -0.05) is 30.3 Å². The highest BCUT2D eigenvalue weighted by Gasteiger charge is 2.22. The Balaban J connectivity index is 2.13. The molecule has 6 nitrogen and oxygen atoms in total. The molecule has 0 saturated heterocycles. The Kier molecular flexibility index (Phi) is 4.77. The molecule has 0 radical (unpaired) electrons. The lowest BCUT2D eigenvalue weighted by molar-refractivity contribution is -0.306. The largest absolute Gasteiger partial charge is 0.550 e. The Morgan fingerprint density at radius 1 is 1.19 bits per heavy atom. The number of carbonyl (C=O) groups is 1. The minimum atomic E-state index is -3.71. The molecule has 1 aromatic heterocycles. The summed E-state index contributed by atoms with van der Waals surface area (Å²) in [4.78, 5) is 10.8. The molecule has 1 heterocycles. The van der Waals surface area contributed by atoms with E-state index in [0.29, 0.717) is 5.56 Å². The first kappa shape index (κ1) is 15.3. The molecule has 112 valence electrons. The predicted molar refractivity (Wildman–Crippen MR) is 73.3 cm³/mol. The summed E-state index contributed by atoms with van der Waals surface area (Å²) in [5.74, 6) is -1.37. The summed E-state index contributed by atoms with van der Waals surface area (Å²) in [6, 6.07) is 10.7. The summed E-state index contributed by atoms with van der Waals surface area (Å²) < 4.78 is 31.6. The minimum Gasteiger partial charge on any atom is -0.550 e. The molecule has 0 aliphatic rings. The average molecular weight is 308 g/mol. The number of benzene rings is 1. The van der Waals surface area contributed by atoms with Crippen LogP contribution in [0, 0.1) is 0 Å². The number of furan rings is 1. The van der Waals surface area contributed by atoms with E-state index in [2.05, 4.69) is 4.72 Å². The molecule has 0 aliphatic heterocycles. The lowest BCUT2D eigenvalue weighted by Gasteiger charge is -2.17. The van der Waals surface area contributed by atoms with Crippen LogP contribution in [-0.2, 0) is 20.6 Å².